The van der Waals surface area contributed by atoms with Crippen molar-refractivity contribution in [1.82, 2.24) is 0 Å². The van der Waals surface area contributed by atoms with Crippen LogP contribution in [0.2, 0.25) is 0 Å². The van der Waals surface area contributed by atoms with Crippen LogP contribution in [0.3, 0.4) is 0 Å². The molecule has 0 amide bonds. The molecule has 0 atom stereocenters. The molecule has 0 aromatic carbocycles. The number of hydrogen-bond donors (Lipinski definition) is 0. The maximum atomic E-state index is 3.22. The Hall–Kier alpha value is 2.16. The smallest absolute Gasteiger partial charge is 0.0409 e. The van der Waals surface area contributed by atoms with Crippen LogP contribution >= 0.6 is 77.0 Å². The normalized spacial score (nSPS) is 8.00. The molecule has 6 heavy (non-hydrogen) atoms. The molecule has 0 saturated carbocycles. The Balaban J connectivity index is 3.68. The first-order chi connectivity index (χ1) is 2.64. The lowest BCUT2D eigenvalue weighted by atomic mass is 11.3. The van der Waals surface area contributed by atoms with Gasteiger partial charge in [-0.3, -0.25) is 0 Å². The van der Waals surface area contributed by atoms with E-state index in [1.54, 1.807) is 0 Å². The van der Waals surface area contributed by atoms with Crippen LogP contribution in [0, 0.1) is 0 Å². The van der Waals surface area contributed by atoms with Gasteiger partial charge in [0.2, 0.25) is 0 Å². The van der Waals surface area contributed by atoms with Crippen LogP contribution in [0.15, 0.2) is 4.98 Å². The van der Waals surface area contributed by atoms with Gasteiger partial charge in [-0.2, -0.15) is 0 Å². The zero-order valence-corrected chi connectivity index (χ0v) is 10.00. The summed E-state index contributed by atoms with van der Waals surface area (Å²) in [6.45, 7) is 0. The van der Waals surface area contributed by atoms with Gasteiger partial charge in [0, 0.05) is 0 Å². The van der Waals surface area contributed by atoms with Crippen molar-refractivity contribution in [3.63, 3.8) is 0 Å². The van der Waals surface area contributed by atoms with Crippen molar-refractivity contribution >= 4 is 77.0 Å². The Bertz CT molecular complexity index is 59.6. The molecular formula is C2Br2I2. The van der Waals surface area contributed by atoms with Gasteiger partial charge in [0.15, 0.2) is 0 Å². The van der Waals surface area contributed by atoms with Crippen molar-refractivity contribution in [1.29, 1.82) is 0 Å². The summed E-state index contributed by atoms with van der Waals surface area (Å²) in [7, 11) is 0. The van der Waals surface area contributed by atoms with Gasteiger partial charge in [-0.25, -0.2) is 0 Å². The van der Waals surface area contributed by atoms with Crippen LogP contribution in [-0.4, -0.2) is 0 Å². The fraction of sp³-hybridized carbons (Fsp3) is 0. The first-order valence-corrected chi connectivity index (χ1v) is 4.75. The predicted molar refractivity (Wildman–Crippen MR) is 52.9 cm³/mol. The minimum absolute atomic E-state index is 1.02. The van der Waals surface area contributed by atoms with E-state index in [-0.39, 0.29) is 0 Å². The van der Waals surface area contributed by atoms with E-state index in [9.17, 15) is 0 Å². The van der Waals surface area contributed by atoms with Gasteiger partial charge in [0.05, 0.1) is 4.98 Å². The summed E-state index contributed by atoms with van der Waals surface area (Å²) >= 11 is 10.8. The van der Waals surface area contributed by atoms with E-state index in [2.05, 4.69) is 77.0 Å². The standard InChI is InChI=1S/C2Br2I2/c3-1(4)2(5)6. The maximum Gasteiger partial charge on any atom is 0.0798 e. The van der Waals surface area contributed by atoms with Gasteiger partial charge in [-0.1, -0.05) is 0 Å². The molecule has 0 unspecified atom stereocenters. The van der Waals surface area contributed by atoms with Crippen LogP contribution in [0.5, 0.6) is 0 Å². The molecule has 0 spiro atoms. The van der Waals surface area contributed by atoms with Crippen LogP contribution in [0.1, 0.15) is 0 Å². The number of halogens is 4. The highest BCUT2D eigenvalue weighted by Crippen LogP contribution is 2.28. The molecule has 0 aromatic rings. The molecule has 0 rings (SSSR count). The van der Waals surface area contributed by atoms with Crippen LogP contribution < -0.4 is 0 Å². The highest BCUT2D eigenvalue weighted by atomic mass is 127. The van der Waals surface area contributed by atoms with E-state index >= 15 is 0 Å². The SMILES string of the molecule is BrC(Br)=C(I)I. The highest BCUT2D eigenvalue weighted by Gasteiger charge is 1.85. The summed E-state index contributed by atoms with van der Waals surface area (Å²) in [4.78, 5) is 0. The molecule has 0 saturated heterocycles. The van der Waals surface area contributed by atoms with Crippen LogP contribution in [0.4, 0.5) is 0 Å². The molecule has 0 aliphatic rings. The highest BCUT2D eigenvalue weighted by molar-refractivity contribution is 14.2. The van der Waals surface area contributed by atoms with Gasteiger partial charge in [-0.05, 0) is 77.0 Å². The Labute approximate surface area is 80.7 Å². The lowest BCUT2D eigenvalue weighted by Crippen LogP contribution is -1.42. The van der Waals surface area contributed by atoms with E-state index in [1.165, 1.54) is 1.59 Å². The molecule has 0 aromatic heterocycles. The van der Waals surface area contributed by atoms with Crippen LogP contribution in [-0.2, 0) is 0 Å². The molecule has 0 radical (unpaired) electrons. The van der Waals surface area contributed by atoms with Crippen molar-refractivity contribution < 1.29 is 0 Å². The molecule has 0 bridgehead atoms. The van der Waals surface area contributed by atoms with Crippen molar-refractivity contribution in [2.24, 2.45) is 0 Å². The summed E-state index contributed by atoms with van der Waals surface area (Å²) < 4.78 is 2.22. The maximum absolute atomic E-state index is 3.22. The number of rotatable bonds is 0. The van der Waals surface area contributed by atoms with E-state index in [0.717, 1.165) is 3.39 Å². The van der Waals surface area contributed by atoms with Crippen molar-refractivity contribution in [3.05, 3.63) is 4.98 Å². The summed E-state index contributed by atoms with van der Waals surface area (Å²) in [6, 6.07) is 0. The Morgan fingerprint density at radius 2 is 1.33 bits per heavy atom. The van der Waals surface area contributed by atoms with Gasteiger partial charge in [0.1, 0.15) is 0 Å². The summed E-state index contributed by atoms with van der Waals surface area (Å²) in [6.07, 6.45) is 0. The minimum atomic E-state index is 1.02. The Kier molecular flexibility index (Phi) is 5.55. The molecule has 0 fully saturated rings. The monoisotopic (exact) mass is 436 g/mol. The number of hydrogen-bond acceptors (Lipinski definition) is 0. The topological polar surface area (TPSA) is 0 Å². The predicted octanol–water partition coefficient (Wildman–Crippen LogP) is 3.77. The Morgan fingerprint density at radius 1 is 1.17 bits per heavy atom. The van der Waals surface area contributed by atoms with E-state index in [0.29, 0.717) is 0 Å². The molecule has 36 valence electrons. The molecule has 0 aliphatic carbocycles. The molecule has 4 heteroatoms. The summed E-state index contributed by atoms with van der Waals surface area (Å²) in [5, 5.41) is 0. The zero-order valence-electron chi connectivity index (χ0n) is 2.51. The molecule has 0 heterocycles. The van der Waals surface area contributed by atoms with Crippen molar-refractivity contribution in [2.45, 2.75) is 0 Å². The quantitative estimate of drug-likeness (QED) is 0.506. The van der Waals surface area contributed by atoms with Crippen molar-refractivity contribution in [2.75, 3.05) is 0 Å². The third-order valence-corrected chi connectivity index (χ3v) is 4.98. The van der Waals surface area contributed by atoms with E-state index in [1.807, 2.05) is 0 Å². The van der Waals surface area contributed by atoms with E-state index in [4.69, 9.17) is 0 Å². The second-order valence-electron chi connectivity index (χ2n) is 0.521. The van der Waals surface area contributed by atoms with Gasteiger partial charge < -0.3 is 0 Å². The lowest BCUT2D eigenvalue weighted by Gasteiger charge is -1.78. The molecule has 0 aliphatic heterocycles. The van der Waals surface area contributed by atoms with E-state index < -0.39 is 0 Å². The second kappa shape index (κ2) is 4.08. The third-order valence-electron chi connectivity index (χ3n) is 0.143. The molecular weight excluding hydrogens is 438 g/mol. The first-order valence-electron chi connectivity index (χ1n) is 1.01. The third kappa shape index (κ3) is 4.32. The Morgan fingerprint density at radius 3 is 1.33 bits per heavy atom. The minimum Gasteiger partial charge on any atom is -0.0409 e. The van der Waals surface area contributed by atoms with Crippen molar-refractivity contribution in [3.8, 4) is 0 Å². The fourth-order valence-electron chi connectivity index (χ4n) is 0. The summed E-state index contributed by atoms with van der Waals surface area (Å²) in [5.41, 5.74) is 0. The average Bonchev–Trinajstić information content (AvgIpc) is 1.36. The summed E-state index contributed by atoms with van der Waals surface area (Å²) in [5.74, 6) is 0. The van der Waals surface area contributed by atoms with Gasteiger partial charge in [0.25, 0.3) is 0 Å². The average molecular weight is 438 g/mol. The fourth-order valence-corrected chi connectivity index (χ4v) is 0. The largest absolute Gasteiger partial charge is 0.0798 e. The first kappa shape index (κ1) is 8.16. The van der Waals surface area contributed by atoms with Crippen LogP contribution in [0.25, 0.3) is 0 Å². The van der Waals surface area contributed by atoms with Gasteiger partial charge >= 0.3 is 0 Å². The van der Waals surface area contributed by atoms with Gasteiger partial charge in [-0.15, -0.1) is 0 Å². The molecule has 0 nitrogen and oxygen atoms in total. The lowest BCUT2D eigenvalue weighted by molar-refractivity contribution is 2.56. The second-order valence-corrected chi connectivity index (χ2v) is 7.39. The molecule has 0 N–H and O–H groups in total. The zero-order chi connectivity index (χ0) is 5.15.